The minimum absolute atomic E-state index is 0.00827. The first-order valence-electron chi connectivity index (χ1n) is 8.91. The van der Waals surface area contributed by atoms with Crippen molar-refractivity contribution in [1.29, 1.82) is 0 Å². The number of methoxy groups -OCH3 is 1. The van der Waals surface area contributed by atoms with Gasteiger partial charge < -0.3 is 18.6 Å². The Hall–Kier alpha value is -3.61. The lowest BCUT2D eigenvalue weighted by Crippen LogP contribution is -2.29. The number of carbonyl (C=O) groups is 2. The number of hydrogen-bond donors (Lipinski definition) is 0. The quantitative estimate of drug-likeness (QED) is 0.272. The van der Waals surface area contributed by atoms with Gasteiger partial charge in [-0.05, 0) is 62.7 Å². The van der Waals surface area contributed by atoms with E-state index in [0.717, 1.165) is 0 Å². The number of benzene rings is 2. The molecule has 7 heteroatoms. The second-order valence-corrected chi connectivity index (χ2v) is 6.48. The Morgan fingerprint density at radius 3 is 2.31 bits per heavy atom. The van der Waals surface area contributed by atoms with Crippen LogP contribution in [-0.2, 0) is 4.79 Å². The van der Waals surface area contributed by atoms with E-state index in [1.807, 2.05) is 0 Å². The minimum atomic E-state index is -0.941. The van der Waals surface area contributed by atoms with Crippen molar-refractivity contribution < 1.29 is 28.2 Å². The first-order chi connectivity index (χ1) is 13.8. The van der Waals surface area contributed by atoms with E-state index in [0.29, 0.717) is 22.4 Å². The lowest BCUT2D eigenvalue weighted by Gasteiger charge is -2.16. The lowest BCUT2D eigenvalue weighted by atomic mass is 10.0. The average Bonchev–Trinajstić information content (AvgIpc) is 2.67. The Bertz CT molecular complexity index is 1130. The summed E-state index contributed by atoms with van der Waals surface area (Å²) in [5, 5.41) is 0.595. The first-order valence-corrected chi connectivity index (χ1v) is 8.91. The largest absolute Gasteiger partial charge is 0.497 e. The van der Waals surface area contributed by atoms with Crippen molar-refractivity contribution in [3.63, 3.8) is 0 Å². The standard InChI is InChI=1S/C22H20O7/c1-12-11-19(24)29-21-17(12)9-10-18(20(21)13(2)23)28-22(25)14(3)27-16-7-5-15(26-4)6-8-16/h5-11,14H,1-4H3. The van der Waals surface area contributed by atoms with Gasteiger partial charge in [-0.3, -0.25) is 4.79 Å². The van der Waals surface area contributed by atoms with Crippen LogP contribution in [0.2, 0.25) is 0 Å². The molecule has 0 radical (unpaired) electrons. The van der Waals surface area contributed by atoms with Crippen LogP contribution in [0.4, 0.5) is 0 Å². The molecule has 0 saturated carbocycles. The molecule has 3 aromatic rings. The topological polar surface area (TPSA) is 92.0 Å². The van der Waals surface area contributed by atoms with Crippen LogP contribution >= 0.6 is 0 Å². The van der Waals surface area contributed by atoms with Crippen LogP contribution in [0.15, 0.2) is 51.7 Å². The van der Waals surface area contributed by atoms with E-state index < -0.39 is 23.5 Å². The molecule has 0 bridgehead atoms. The number of esters is 1. The van der Waals surface area contributed by atoms with E-state index in [1.165, 1.54) is 26.0 Å². The molecule has 0 N–H and O–H groups in total. The Balaban J connectivity index is 1.88. The minimum Gasteiger partial charge on any atom is -0.497 e. The lowest BCUT2D eigenvalue weighted by molar-refractivity contribution is -0.141. The first kappa shape index (κ1) is 20.1. The predicted octanol–water partition coefficient (Wildman–Crippen LogP) is 3.69. The molecule has 0 aliphatic rings. The molecule has 1 heterocycles. The third-order valence-corrected chi connectivity index (χ3v) is 4.35. The monoisotopic (exact) mass is 396 g/mol. The third kappa shape index (κ3) is 4.29. The Morgan fingerprint density at radius 2 is 1.69 bits per heavy atom. The number of Topliss-reactive ketones (excluding diaryl/α,β-unsaturated/α-hetero) is 1. The number of carbonyl (C=O) groups excluding carboxylic acids is 2. The van der Waals surface area contributed by atoms with Crippen molar-refractivity contribution in [2.24, 2.45) is 0 Å². The smallest absolute Gasteiger partial charge is 0.352 e. The molecule has 2 aromatic carbocycles. The predicted molar refractivity (Wildman–Crippen MR) is 106 cm³/mol. The van der Waals surface area contributed by atoms with Crippen molar-refractivity contribution in [3.8, 4) is 17.2 Å². The summed E-state index contributed by atoms with van der Waals surface area (Å²) in [4.78, 5) is 36.5. The zero-order valence-electron chi connectivity index (χ0n) is 16.5. The fraction of sp³-hybridized carbons (Fsp3) is 0.227. The summed E-state index contributed by atoms with van der Waals surface area (Å²) in [5.41, 5.74) is 0.204. The van der Waals surface area contributed by atoms with Gasteiger partial charge in [-0.25, -0.2) is 9.59 Å². The Morgan fingerprint density at radius 1 is 1.03 bits per heavy atom. The molecule has 0 spiro atoms. The van der Waals surface area contributed by atoms with Gasteiger partial charge in [0.1, 0.15) is 22.8 Å². The van der Waals surface area contributed by atoms with Crippen LogP contribution in [0.25, 0.3) is 11.0 Å². The van der Waals surface area contributed by atoms with E-state index in [9.17, 15) is 14.4 Å². The Kier molecular flexibility index (Phi) is 5.68. The van der Waals surface area contributed by atoms with Gasteiger partial charge in [0.25, 0.3) is 0 Å². The molecule has 3 rings (SSSR count). The van der Waals surface area contributed by atoms with Gasteiger partial charge in [0.05, 0.1) is 7.11 Å². The van der Waals surface area contributed by atoms with E-state index in [-0.39, 0.29) is 16.9 Å². The number of aryl methyl sites for hydroxylation is 1. The molecule has 0 aliphatic carbocycles. The van der Waals surface area contributed by atoms with E-state index >= 15 is 0 Å². The highest BCUT2D eigenvalue weighted by molar-refractivity contribution is 6.08. The highest BCUT2D eigenvalue weighted by Gasteiger charge is 2.23. The third-order valence-electron chi connectivity index (χ3n) is 4.35. The van der Waals surface area contributed by atoms with Gasteiger partial charge in [-0.2, -0.15) is 0 Å². The van der Waals surface area contributed by atoms with Crippen molar-refractivity contribution >= 4 is 22.7 Å². The summed E-state index contributed by atoms with van der Waals surface area (Å²) >= 11 is 0. The van der Waals surface area contributed by atoms with Crippen LogP contribution in [0, 0.1) is 6.92 Å². The van der Waals surface area contributed by atoms with Gasteiger partial charge >= 0.3 is 11.6 Å². The summed E-state index contributed by atoms with van der Waals surface area (Å²) in [6.07, 6.45) is -0.941. The molecule has 150 valence electrons. The summed E-state index contributed by atoms with van der Waals surface area (Å²) in [5.74, 6) is 0.0382. The van der Waals surface area contributed by atoms with E-state index in [1.54, 1.807) is 44.4 Å². The van der Waals surface area contributed by atoms with Crippen molar-refractivity contribution in [2.45, 2.75) is 26.9 Å². The van der Waals surface area contributed by atoms with Crippen LogP contribution in [-0.4, -0.2) is 25.0 Å². The molecule has 1 atom stereocenters. The number of rotatable bonds is 6. The summed E-state index contributed by atoms with van der Waals surface area (Å²) in [6.45, 7) is 4.58. The van der Waals surface area contributed by atoms with Gasteiger partial charge in [0.15, 0.2) is 17.5 Å². The van der Waals surface area contributed by atoms with Crippen LogP contribution in [0.1, 0.15) is 29.8 Å². The van der Waals surface area contributed by atoms with Gasteiger partial charge in [0, 0.05) is 11.5 Å². The molecule has 7 nitrogen and oxygen atoms in total. The maximum Gasteiger partial charge on any atom is 0.352 e. The van der Waals surface area contributed by atoms with Crippen molar-refractivity contribution in [1.82, 2.24) is 0 Å². The zero-order chi connectivity index (χ0) is 21.1. The zero-order valence-corrected chi connectivity index (χ0v) is 16.5. The maximum absolute atomic E-state index is 12.5. The molecule has 0 amide bonds. The normalized spacial score (nSPS) is 11.7. The number of ether oxygens (including phenoxy) is 3. The molecular formula is C22H20O7. The fourth-order valence-corrected chi connectivity index (χ4v) is 2.88. The molecule has 1 unspecified atom stereocenters. The number of hydrogen-bond acceptors (Lipinski definition) is 7. The van der Waals surface area contributed by atoms with Crippen LogP contribution in [0.3, 0.4) is 0 Å². The number of fused-ring (bicyclic) bond motifs is 1. The molecule has 0 saturated heterocycles. The maximum atomic E-state index is 12.5. The van der Waals surface area contributed by atoms with Gasteiger partial charge in [-0.15, -0.1) is 0 Å². The second-order valence-electron chi connectivity index (χ2n) is 6.48. The second kappa shape index (κ2) is 8.18. The van der Waals surface area contributed by atoms with Crippen LogP contribution < -0.4 is 19.8 Å². The fourth-order valence-electron chi connectivity index (χ4n) is 2.88. The van der Waals surface area contributed by atoms with E-state index in [2.05, 4.69) is 0 Å². The van der Waals surface area contributed by atoms with Crippen molar-refractivity contribution in [3.05, 3.63) is 64.0 Å². The van der Waals surface area contributed by atoms with Gasteiger partial charge in [-0.1, -0.05) is 0 Å². The Labute approximate surface area is 166 Å². The van der Waals surface area contributed by atoms with Crippen molar-refractivity contribution in [2.75, 3.05) is 7.11 Å². The highest BCUT2D eigenvalue weighted by Crippen LogP contribution is 2.30. The average molecular weight is 396 g/mol. The molecular weight excluding hydrogens is 376 g/mol. The van der Waals surface area contributed by atoms with E-state index in [4.69, 9.17) is 18.6 Å². The van der Waals surface area contributed by atoms with Gasteiger partial charge in [0.2, 0.25) is 0 Å². The molecule has 29 heavy (non-hydrogen) atoms. The molecule has 1 aromatic heterocycles. The molecule has 0 aliphatic heterocycles. The highest BCUT2D eigenvalue weighted by atomic mass is 16.6. The SMILES string of the molecule is COc1ccc(OC(C)C(=O)Oc2ccc3c(C)cc(=O)oc3c2C(C)=O)cc1. The summed E-state index contributed by atoms with van der Waals surface area (Å²) in [7, 11) is 1.55. The molecule has 0 fully saturated rings. The summed E-state index contributed by atoms with van der Waals surface area (Å²) < 4.78 is 21.3. The number of ketones is 1. The summed E-state index contributed by atoms with van der Waals surface area (Å²) in [6, 6.07) is 11.2. The van der Waals surface area contributed by atoms with Crippen LogP contribution in [0.5, 0.6) is 17.2 Å².